The van der Waals surface area contributed by atoms with Gasteiger partial charge < -0.3 is 10.2 Å². The van der Waals surface area contributed by atoms with Crippen molar-refractivity contribution in [3.63, 3.8) is 0 Å². The van der Waals surface area contributed by atoms with Crippen LogP contribution in [0.4, 0.5) is 5.69 Å². The lowest BCUT2D eigenvalue weighted by molar-refractivity contribution is -0.124. The van der Waals surface area contributed by atoms with E-state index < -0.39 is 5.66 Å². The van der Waals surface area contributed by atoms with Crippen LogP contribution in [0, 0.1) is 5.92 Å². The number of amides is 3. The molecule has 1 aliphatic carbocycles. The van der Waals surface area contributed by atoms with Crippen molar-refractivity contribution in [3.05, 3.63) is 29.8 Å². The minimum atomic E-state index is -0.773. The Hall–Kier alpha value is -2.37. The molecular weight excluding hydrogens is 342 g/mol. The number of para-hydroxylation sites is 1. The summed E-state index contributed by atoms with van der Waals surface area (Å²) < 4.78 is 0. The van der Waals surface area contributed by atoms with Crippen LogP contribution in [0.5, 0.6) is 0 Å². The van der Waals surface area contributed by atoms with E-state index in [1.807, 2.05) is 19.1 Å². The molecule has 1 atom stereocenters. The Morgan fingerprint density at radius 2 is 1.93 bits per heavy atom. The van der Waals surface area contributed by atoms with Gasteiger partial charge in [-0.15, -0.1) is 0 Å². The zero-order valence-corrected chi connectivity index (χ0v) is 15.9. The van der Waals surface area contributed by atoms with Gasteiger partial charge in [0.1, 0.15) is 12.2 Å². The SMILES string of the molecule is C[C@@]12CCC(=O)N1c1ccccc1C(=O)N2CC(=O)NCC1CCCCC1. The van der Waals surface area contributed by atoms with Crippen LogP contribution in [0.2, 0.25) is 0 Å². The smallest absolute Gasteiger partial charge is 0.258 e. The van der Waals surface area contributed by atoms with Crippen LogP contribution in [0.3, 0.4) is 0 Å². The third-order valence-corrected chi connectivity index (χ3v) is 6.36. The number of carbonyl (C=O) groups excluding carboxylic acids is 3. The molecule has 3 aliphatic rings. The number of nitrogens with zero attached hydrogens (tertiary/aromatic N) is 2. The molecule has 2 aliphatic heterocycles. The van der Waals surface area contributed by atoms with Gasteiger partial charge in [-0.2, -0.15) is 0 Å². The Kier molecular flexibility index (Phi) is 4.66. The third-order valence-electron chi connectivity index (χ3n) is 6.36. The van der Waals surface area contributed by atoms with Crippen molar-refractivity contribution in [2.24, 2.45) is 5.92 Å². The number of hydrogen-bond acceptors (Lipinski definition) is 3. The topological polar surface area (TPSA) is 69.7 Å². The number of fused-ring (bicyclic) bond motifs is 3. The highest BCUT2D eigenvalue weighted by molar-refractivity contribution is 6.11. The van der Waals surface area contributed by atoms with E-state index in [9.17, 15) is 14.4 Å². The van der Waals surface area contributed by atoms with E-state index >= 15 is 0 Å². The lowest BCUT2D eigenvalue weighted by Crippen LogP contribution is -2.64. The Morgan fingerprint density at radius 3 is 2.70 bits per heavy atom. The molecule has 0 spiro atoms. The average molecular weight is 369 g/mol. The molecular formula is C21H27N3O3. The van der Waals surface area contributed by atoms with Crippen molar-refractivity contribution in [3.8, 4) is 0 Å². The molecule has 6 heteroatoms. The second kappa shape index (κ2) is 6.98. The van der Waals surface area contributed by atoms with E-state index in [4.69, 9.17) is 0 Å². The maximum atomic E-state index is 13.1. The molecule has 3 amide bonds. The first-order chi connectivity index (χ1) is 13.0. The maximum Gasteiger partial charge on any atom is 0.258 e. The molecule has 27 heavy (non-hydrogen) atoms. The Morgan fingerprint density at radius 1 is 1.19 bits per heavy atom. The Bertz CT molecular complexity index is 772. The second-order valence-corrected chi connectivity index (χ2v) is 8.16. The molecule has 1 saturated heterocycles. The van der Waals surface area contributed by atoms with Crippen molar-refractivity contribution < 1.29 is 14.4 Å². The molecule has 4 rings (SSSR count). The fourth-order valence-electron chi connectivity index (χ4n) is 4.79. The van der Waals surface area contributed by atoms with Gasteiger partial charge in [0.2, 0.25) is 11.8 Å². The van der Waals surface area contributed by atoms with Crippen LogP contribution in [-0.4, -0.2) is 41.4 Å². The summed E-state index contributed by atoms with van der Waals surface area (Å²) >= 11 is 0. The highest BCUT2D eigenvalue weighted by atomic mass is 16.2. The normalized spacial score (nSPS) is 25.4. The highest BCUT2D eigenvalue weighted by Gasteiger charge is 2.53. The summed E-state index contributed by atoms with van der Waals surface area (Å²) in [6.07, 6.45) is 7.01. The van der Waals surface area contributed by atoms with Crippen LogP contribution in [0.15, 0.2) is 24.3 Å². The fraction of sp³-hybridized carbons (Fsp3) is 0.571. The molecule has 1 N–H and O–H groups in total. The molecule has 144 valence electrons. The first kappa shape index (κ1) is 18.0. The van der Waals surface area contributed by atoms with Crippen molar-refractivity contribution in [2.45, 2.75) is 57.5 Å². The number of nitrogens with one attached hydrogen (secondary N) is 1. The van der Waals surface area contributed by atoms with Gasteiger partial charge >= 0.3 is 0 Å². The molecule has 1 aromatic rings. The van der Waals surface area contributed by atoms with Gasteiger partial charge in [0.15, 0.2) is 0 Å². The summed E-state index contributed by atoms with van der Waals surface area (Å²) in [6.45, 7) is 2.55. The van der Waals surface area contributed by atoms with Crippen LogP contribution >= 0.6 is 0 Å². The van der Waals surface area contributed by atoms with Gasteiger partial charge in [-0.3, -0.25) is 19.3 Å². The van der Waals surface area contributed by atoms with E-state index in [-0.39, 0.29) is 24.3 Å². The van der Waals surface area contributed by atoms with Gasteiger partial charge in [-0.1, -0.05) is 31.4 Å². The number of carbonyl (C=O) groups is 3. The van der Waals surface area contributed by atoms with Crippen molar-refractivity contribution in [1.82, 2.24) is 10.2 Å². The molecule has 0 radical (unpaired) electrons. The lowest BCUT2D eigenvalue weighted by atomic mass is 9.89. The van der Waals surface area contributed by atoms with Crippen molar-refractivity contribution >= 4 is 23.4 Å². The van der Waals surface area contributed by atoms with Crippen LogP contribution in [0.25, 0.3) is 0 Å². The van der Waals surface area contributed by atoms with Crippen molar-refractivity contribution in [2.75, 3.05) is 18.0 Å². The van der Waals surface area contributed by atoms with Crippen LogP contribution in [0.1, 0.15) is 62.2 Å². The first-order valence-electron chi connectivity index (χ1n) is 10.0. The molecule has 0 bridgehead atoms. The third kappa shape index (κ3) is 3.11. The van der Waals surface area contributed by atoms with E-state index in [1.165, 1.54) is 19.3 Å². The standard InChI is InChI=1S/C21H27N3O3/c1-21-12-11-19(26)24(21)17-10-6-5-9-16(17)20(27)23(21)14-18(25)22-13-15-7-3-2-4-8-15/h5-6,9-10,15H,2-4,7-8,11-14H2,1H3,(H,22,25)/t21-/m0/s1. The predicted molar refractivity (Wildman–Crippen MR) is 102 cm³/mol. The zero-order chi connectivity index (χ0) is 19.0. The van der Waals surface area contributed by atoms with E-state index in [2.05, 4.69) is 5.32 Å². The quantitative estimate of drug-likeness (QED) is 0.887. The largest absolute Gasteiger partial charge is 0.354 e. The summed E-state index contributed by atoms with van der Waals surface area (Å²) in [5, 5.41) is 3.02. The number of hydrogen-bond donors (Lipinski definition) is 1. The first-order valence-corrected chi connectivity index (χ1v) is 10.0. The summed E-state index contributed by atoms with van der Waals surface area (Å²) in [6, 6.07) is 7.18. The van der Waals surface area contributed by atoms with E-state index in [0.29, 0.717) is 36.6 Å². The summed E-state index contributed by atoms with van der Waals surface area (Å²) in [5.41, 5.74) is 0.377. The predicted octanol–water partition coefficient (Wildman–Crippen LogP) is 2.68. The van der Waals surface area contributed by atoms with Gasteiger partial charge in [0.05, 0.1) is 11.3 Å². The van der Waals surface area contributed by atoms with Gasteiger partial charge in [-0.05, 0) is 44.2 Å². The highest BCUT2D eigenvalue weighted by Crippen LogP contribution is 2.43. The van der Waals surface area contributed by atoms with Gasteiger partial charge in [0.25, 0.3) is 5.91 Å². The second-order valence-electron chi connectivity index (χ2n) is 8.16. The lowest BCUT2D eigenvalue weighted by Gasteiger charge is -2.48. The molecule has 2 fully saturated rings. The Labute approximate surface area is 159 Å². The van der Waals surface area contributed by atoms with Crippen LogP contribution < -0.4 is 10.2 Å². The maximum absolute atomic E-state index is 13.1. The van der Waals surface area contributed by atoms with Gasteiger partial charge in [-0.25, -0.2) is 0 Å². The average Bonchev–Trinajstić information content (AvgIpc) is 3.00. The number of anilines is 1. The molecule has 2 heterocycles. The van der Waals surface area contributed by atoms with E-state index in [0.717, 1.165) is 12.8 Å². The van der Waals surface area contributed by atoms with Crippen LogP contribution in [-0.2, 0) is 9.59 Å². The molecule has 6 nitrogen and oxygen atoms in total. The Balaban J connectivity index is 1.52. The number of rotatable bonds is 4. The summed E-state index contributed by atoms with van der Waals surface area (Å²) in [7, 11) is 0. The fourth-order valence-corrected chi connectivity index (χ4v) is 4.79. The minimum Gasteiger partial charge on any atom is -0.354 e. The van der Waals surface area contributed by atoms with Crippen molar-refractivity contribution in [1.29, 1.82) is 0 Å². The molecule has 0 aromatic heterocycles. The monoisotopic (exact) mass is 369 g/mol. The van der Waals surface area contributed by atoms with Gasteiger partial charge in [0, 0.05) is 13.0 Å². The van der Waals surface area contributed by atoms with E-state index in [1.54, 1.807) is 21.9 Å². The minimum absolute atomic E-state index is 0.00469. The molecule has 1 saturated carbocycles. The zero-order valence-electron chi connectivity index (χ0n) is 15.9. The summed E-state index contributed by atoms with van der Waals surface area (Å²) in [4.78, 5) is 41.6. The number of benzene rings is 1. The molecule has 0 unspecified atom stereocenters. The molecule has 1 aromatic carbocycles. The summed E-state index contributed by atoms with van der Waals surface area (Å²) in [5.74, 6) is 0.228.